The molecule has 0 unspecified atom stereocenters. The molecule has 2 rings (SSSR count). The minimum Gasteiger partial charge on any atom is -0.493 e. The summed E-state index contributed by atoms with van der Waals surface area (Å²) in [6, 6.07) is 3.94. The second kappa shape index (κ2) is 4.91. The van der Waals surface area contributed by atoms with Crippen molar-refractivity contribution in [1.29, 1.82) is 0 Å². The number of oxime groups is 1. The van der Waals surface area contributed by atoms with E-state index in [1.807, 2.05) is 18.2 Å². The first-order valence-electron chi connectivity index (χ1n) is 5.41. The fourth-order valence-electron chi connectivity index (χ4n) is 2.01. The molecule has 90 valence electrons. The van der Waals surface area contributed by atoms with Crippen molar-refractivity contribution in [3.8, 4) is 11.5 Å². The third-order valence-electron chi connectivity index (χ3n) is 2.89. The Bertz CT molecular complexity index is 478. The van der Waals surface area contributed by atoms with E-state index in [2.05, 4.69) is 5.16 Å². The Kier molecular flexibility index (Phi) is 3.32. The molecule has 0 radical (unpaired) electrons. The van der Waals surface area contributed by atoms with Crippen molar-refractivity contribution in [2.75, 3.05) is 14.2 Å². The molecule has 1 aliphatic carbocycles. The van der Waals surface area contributed by atoms with Crippen LogP contribution in [0.5, 0.6) is 11.5 Å². The summed E-state index contributed by atoms with van der Waals surface area (Å²) in [5.41, 5.74) is 3.31. The lowest BCUT2D eigenvalue weighted by atomic mass is 9.92. The van der Waals surface area contributed by atoms with Crippen LogP contribution in [-0.4, -0.2) is 25.6 Å². The second-order valence-corrected chi connectivity index (χ2v) is 3.87. The predicted molar refractivity (Wildman–Crippen MR) is 66.1 cm³/mol. The smallest absolute Gasteiger partial charge is 0.161 e. The van der Waals surface area contributed by atoms with E-state index in [9.17, 15) is 0 Å². The maximum Gasteiger partial charge on any atom is 0.161 e. The molecule has 0 aliphatic heterocycles. The SMILES string of the molecule is COc1cc2c(cc1OC)CCC(/C=N/O)=C2. The van der Waals surface area contributed by atoms with Gasteiger partial charge in [-0.1, -0.05) is 5.16 Å². The Labute approximate surface area is 100 Å². The molecule has 0 heterocycles. The summed E-state index contributed by atoms with van der Waals surface area (Å²) in [5.74, 6) is 1.46. The van der Waals surface area contributed by atoms with E-state index in [-0.39, 0.29) is 0 Å². The number of rotatable bonds is 3. The third-order valence-corrected chi connectivity index (χ3v) is 2.89. The molecule has 0 aromatic heterocycles. The maximum atomic E-state index is 8.53. The van der Waals surface area contributed by atoms with Crippen LogP contribution in [0.3, 0.4) is 0 Å². The molecule has 0 atom stereocenters. The van der Waals surface area contributed by atoms with E-state index in [1.165, 1.54) is 11.8 Å². The molecule has 17 heavy (non-hydrogen) atoms. The molecule has 0 bridgehead atoms. The number of benzene rings is 1. The zero-order valence-electron chi connectivity index (χ0n) is 9.93. The van der Waals surface area contributed by atoms with Gasteiger partial charge in [-0.25, -0.2) is 0 Å². The van der Waals surface area contributed by atoms with Crippen LogP contribution >= 0.6 is 0 Å². The molecule has 1 aliphatic rings. The maximum absolute atomic E-state index is 8.53. The average Bonchev–Trinajstić information content (AvgIpc) is 2.37. The summed E-state index contributed by atoms with van der Waals surface area (Å²) in [6.07, 6.45) is 5.25. The molecule has 1 aromatic carbocycles. The van der Waals surface area contributed by atoms with Gasteiger partial charge in [-0.15, -0.1) is 0 Å². The molecule has 0 amide bonds. The zero-order valence-corrected chi connectivity index (χ0v) is 9.93. The van der Waals surface area contributed by atoms with Crippen molar-refractivity contribution in [1.82, 2.24) is 0 Å². The van der Waals surface area contributed by atoms with Gasteiger partial charge in [0.25, 0.3) is 0 Å². The van der Waals surface area contributed by atoms with E-state index in [0.717, 1.165) is 29.7 Å². The average molecular weight is 233 g/mol. The Morgan fingerprint density at radius 1 is 1.18 bits per heavy atom. The summed E-state index contributed by atoms with van der Waals surface area (Å²) in [7, 11) is 3.25. The number of hydrogen-bond acceptors (Lipinski definition) is 4. The van der Waals surface area contributed by atoms with Crippen molar-refractivity contribution in [2.45, 2.75) is 12.8 Å². The normalized spacial score (nSPS) is 14.4. The first kappa shape index (κ1) is 11.5. The minimum atomic E-state index is 0.713. The molecule has 0 spiro atoms. The van der Waals surface area contributed by atoms with Gasteiger partial charge in [-0.3, -0.25) is 0 Å². The van der Waals surface area contributed by atoms with E-state index in [4.69, 9.17) is 14.7 Å². The van der Waals surface area contributed by atoms with Crippen LogP contribution < -0.4 is 9.47 Å². The summed E-state index contributed by atoms with van der Waals surface area (Å²) in [6.45, 7) is 0. The highest BCUT2D eigenvalue weighted by Gasteiger charge is 2.14. The monoisotopic (exact) mass is 233 g/mol. The molecule has 4 heteroatoms. The van der Waals surface area contributed by atoms with Crippen LogP contribution in [0.4, 0.5) is 0 Å². The fraction of sp³-hybridized carbons (Fsp3) is 0.308. The number of aryl methyl sites for hydroxylation is 1. The quantitative estimate of drug-likeness (QED) is 0.495. The van der Waals surface area contributed by atoms with Gasteiger partial charge in [0.05, 0.1) is 20.4 Å². The molecule has 0 saturated carbocycles. The fourth-order valence-corrected chi connectivity index (χ4v) is 2.01. The van der Waals surface area contributed by atoms with Gasteiger partial charge in [0, 0.05) is 0 Å². The van der Waals surface area contributed by atoms with E-state index >= 15 is 0 Å². The van der Waals surface area contributed by atoms with Gasteiger partial charge in [-0.05, 0) is 47.8 Å². The molecule has 0 fully saturated rings. The Hall–Kier alpha value is -1.97. The number of allylic oxidation sites excluding steroid dienone is 1. The standard InChI is InChI=1S/C13H15NO3/c1-16-12-6-10-4-3-9(8-14-15)5-11(10)7-13(12)17-2/h5-8,15H,3-4H2,1-2H3/b14-8+. The number of methoxy groups -OCH3 is 2. The molecule has 1 aromatic rings. The highest BCUT2D eigenvalue weighted by molar-refractivity contribution is 5.87. The summed E-state index contributed by atoms with van der Waals surface area (Å²) in [4.78, 5) is 0. The molecular formula is C13H15NO3. The lowest BCUT2D eigenvalue weighted by Crippen LogP contribution is -2.02. The number of fused-ring (bicyclic) bond motifs is 1. The lowest BCUT2D eigenvalue weighted by Gasteiger charge is -2.17. The highest BCUT2D eigenvalue weighted by Crippen LogP contribution is 2.34. The van der Waals surface area contributed by atoms with Gasteiger partial charge in [0.15, 0.2) is 11.5 Å². The van der Waals surface area contributed by atoms with E-state index in [0.29, 0.717) is 5.75 Å². The summed E-state index contributed by atoms with van der Waals surface area (Å²) < 4.78 is 10.5. The second-order valence-electron chi connectivity index (χ2n) is 3.87. The lowest BCUT2D eigenvalue weighted by molar-refractivity contribution is 0.321. The summed E-state index contributed by atoms with van der Waals surface area (Å²) >= 11 is 0. The van der Waals surface area contributed by atoms with Crippen LogP contribution in [0, 0.1) is 0 Å². The number of ether oxygens (including phenoxy) is 2. The van der Waals surface area contributed by atoms with E-state index in [1.54, 1.807) is 14.2 Å². The predicted octanol–water partition coefficient (Wildman–Crippen LogP) is 2.49. The highest BCUT2D eigenvalue weighted by atomic mass is 16.5. The minimum absolute atomic E-state index is 0.713. The summed E-state index contributed by atoms with van der Waals surface area (Å²) in [5, 5.41) is 11.6. The van der Waals surface area contributed by atoms with Gasteiger partial charge in [0.1, 0.15) is 0 Å². The van der Waals surface area contributed by atoms with Crippen molar-refractivity contribution in [3.63, 3.8) is 0 Å². The van der Waals surface area contributed by atoms with Gasteiger partial charge >= 0.3 is 0 Å². The van der Waals surface area contributed by atoms with Crippen LogP contribution in [0.25, 0.3) is 6.08 Å². The molecular weight excluding hydrogens is 218 g/mol. The van der Waals surface area contributed by atoms with Crippen LogP contribution in [0.1, 0.15) is 17.5 Å². The van der Waals surface area contributed by atoms with E-state index < -0.39 is 0 Å². The van der Waals surface area contributed by atoms with Crippen molar-refractivity contribution < 1.29 is 14.7 Å². The molecule has 4 nitrogen and oxygen atoms in total. The van der Waals surface area contributed by atoms with Crippen LogP contribution in [0.15, 0.2) is 22.9 Å². The Morgan fingerprint density at radius 2 is 1.88 bits per heavy atom. The Balaban J connectivity index is 2.45. The topological polar surface area (TPSA) is 51.0 Å². The van der Waals surface area contributed by atoms with Gasteiger partial charge in [-0.2, -0.15) is 0 Å². The zero-order chi connectivity index (χ0) is 12.3. The molecule has 1 N–H and O–H groups in total. The van der Waals surface area contributed by atoms with Gasteiger partial charge < -0.3 is 14.7 Å². The van der Waals surface area contributed by atoms with Crippen LogP contribution in [0.2, 0.25) is 0 Å². The number of hydrogen-bond donors (Lipinski definition) is 1. The van der Waals surface area contributed by atoms with Crippen molar-refractivity contribution in [2.24, 2.45) is 5.16 Å². The van der Waals surface area contributed by atoms with Gasteiger partial charge in [0.2, 0.25) is 0 Å². The Morgan fingerprint density at radius 3 is 2.53 bits per heavy atom. The van der Waals surface area contributed by atoms with Crippen molar-refractivity contribution in [3.05, 3.63) is 28.8 Å². The largest absolute Gasteiger partial charge is 0.493 e. The van der Waals surface area contributed by atoms with Crippen molar-refractivity contribution >= 4 is 12.3 Å². The number of nitrogens with zero attached hydrogens (tertiary/aromatic N) is 1. The first-order chi connectivity index (χ1) is 8.28. The van der Waals surface area contributed by atoms with Crippen LogP contribution in [-0.2, 0) is 6.42 Å². The molecule has 0 saturated heterocycles. The first-order valence-corrected chi connectivity index (χ1v) is 5.41. The third kappa shape index (κ3) is 2.25.